The Morgan fingerprint density at radius 3 is 2.73 bits per heavy atom. The molecule has 0 aliphatic rings. The first-order chi connectivity index (χ1) is 7.13. The molecule has 82 valence electrons. The molecule has 0 atom stereocenters. The van der Waals surface area contributed by atoms with Crippen LogP contribution in [0.3, 0.4) is 0 Å². The summed E-state index contributed by atoms with van der Waals surface area (Å²) < 4.78 is 0. The zero-order chi connectivity index (χ0) is 11.3. The average Bonchev–Trinajstić information content (AvgIpc) is 2.18. The van der Waals surface area contributed by atoms with E-state index in [1.165, 1.54) is 11.3 Å². The quantitative estimate of drug-likeness (QED) is 0.571. The minimum absolute atomic E-state index is 0.251. The molecule has 3 heteroatoms. The van der Waals surface area contributed by atoms with Crippen LogP contribution in [0.25, 0.3) is 0 Å². The molecule has 3 nitrogen and oxygen atoms in total. The first kappa shape index (κ1) is 11.6. The second-order valence-electron chi connectivity index (χ2n) is 3.69. The van der Waals surface area contributed by atoms with Crippen LogP contribution in [0.4, 0.5) is 5.69 Å². The summed E-state index contributed by atoms with van der Waals surface area (Å²) >= 11 is 0. The number of benzene rings is 1. The molecule has 15 heavy (non-hydrogen) atoms. The van der Waals surface area contributed by atoms with Crippen LogP contribution < -0.4 is 10.6 Å². The van der Waals surface area contributed by atoms with Gasteiger partial charge in [0.1, 0.15) is 0 Å². The highest BCUT2D eigenvalue weighted by Crippen LogP contribution is 2.15. The van der Waals surface area contributed by atoms with Crippen LogP contribution in [-0.2, 0) is 0 Å². The summed E-state index contributed by atoms with van der Waals surface area (Å²) in [5.41, 5.74) is 7.83. The van der Waals surface area contributed by atoms with Crippen LogP contribution in [0, 0.1) is 12.3 Å². The van der Waals surface area contributed by atoms with E-state index in [0.717, 1.165) is 13.1 Å². The summed E-state index contributed by atoms with van der Waals surface area (Å²) in [4.78, 5) is 2.23. The van der Waals surface area contributed by atoms with Crippen molar-refractivity contribution in [2.75, 3.05) is 18.0 Å². The van der Waals surface area contributed by atoms with Gasteiger partial charge in [-0.05, 0) is 31.5 Å². The third-order valence-electron chi connectivity index (χ3n) is 2.40. The fourth-order valence-electron chi connectivity index (χ4n) is 1.55. The number of hydrogen-bond acceptors (Lipinski definition) is 2. The molecule has 0 unspecified atom stereocenters. The second-order valence-corrected chi connectivity index (χ2v) is 3.69. The number of rotatable bonds is 5. The molecule has 1 aromatic rings. The Balaban J connectivity index is 2.69. The third-order valence-corrected chi connectivity index (χ3v) is 2.40. The molecule has 0 aliphatic carbocycles. The Morgan fingerprint density at radius 1 is 1.47 bits per heavy atom. The highest BCUT2D eigenvalue weighted by Gasteiger charge is 2.04. The maximum atomic E-state index is 7.22. The van der Waals surface area contributed by atoms with E-state index in [2.05, 4.69) is 43.0 Å². The first-order valence-corrected chi connectivity index (χ1v) is 5.28. The standard InChI is InChI=1S/C12H19N3/c1-3-15(8-7-12(13)14)11-6-4-5-10(2)9-11/h4-6,9H,3,7-8H2,1-2H3,(H3,13,14). The second kappa shape index (κ2) is 5.39. The topological polar surface area (TPSA) is 53.1 Å². The van der Waals surface area contributed by atoms with E-state index in [1.807, 2.05) is 0 Å². The van der Waals surface area contributed by atoms with Crippen molar-refractivity contribution in [2.45, 2.75) is 20.3 Å². The lowest BCUT2D eigenvalue weighted by molar-refractivity contribution is 0.831. The maximum absolute atomic E-state index is 7.22. The Morgan fingerprint density at radius 2 is 2.20 bits per heavy atom. The molecule has 0 radical (unpaired) electrons. The van der Waals surface area contributed by atoms with Gasteiger partial charge in [0, 0.05) is 25.2 Å². The molecule has 0 bridgehead atoms. The molecule has 0 saturated heterocycles. The van der Waals surface area contributed by atoms with Gasteiger partial charge >= 0.3 is 0 Å². The van der Waals surface area contributed by atoms with E-state index in [-0.39, 0.29) is 5.84 Å². The average molecular weight is 205 g/mol. The number of amidine groups is 1. The maximum Gasteiger partial charge on any atom is 0.0923 e. The lowest BCUT2D eigenvalue weighted by atomic mass is 10.2. The van der Waals surface area contributed by atoms with Crippen molar-refractivity contribution in [3.8, 4) is 0 Å². The highest BCUT2D eigenvalue weighted by molar-refractivity contribution is 5.77. The van der Waals surface area contributed by atoms with E-state index in [9.17, 15) is 0 Å². The van der Waals surface area contributed by atoms with Crippen LogP contribution in [0.1, 0.15) is 18.9 Å². The minimum atomic E-state index is 0.251. The molecule has 0 heterocycles. The van der Waals surface area contributed by atoms with Gasteiger partial charge in [-0.1, -0.05) is 12.1 Å². The van der Waals surface area contributed by atoms with Crippen LogP contribution in [0.2, 0.25) is 0 Å². The molecule has 1 aromatic carbocycles. The number of nitrogens with two attached hydrogens (primary N) is 1. The van der Waals surface area contributed by atoms with Crippen molar-refractivity contribution < 1.29 is 0 Å². The first-order valence-electron chi connectivity index (χ1n) is 5.28. The number of anilines is 1. The fourth-order valence-corrected chi connectivity index (χ4v) is 1.55. The van der Waals surface area contributed by atoms with Gasteiger partial charge in [-0.15, -0.1) is 0 Å². The van der Waals surface area contributed by atoms with Crippen molar-refractivity contribution >= 4 is 11.5 Å². The number of nitrogens with zero attached hydrogens (tertiary/aromatic N) is 1. The number of hydrogen-bond donors (Lipinski definition) is 2. The van der Waals surface area contributed by atoms with Gasteiger partial charge in [-0.25, -0.2) is 0 Å². The molecule has 0 aromatic heterocycles. The summed E-state index contributed by atoms with van der Waals surface area (Å²) in [6.45, 7) is 5.96. The molecule has 0 spiro atoms. The largest absolute Gasteiger partial charge is 0.388 e. The lowest BCUT2D eigenvalue weighted by Gasteiger charge is -2.23. The Labute approximate surface area is 91.4 Å². The monoisotopic (exact) mass is 205 g/mol. The van der Waals surface area contributed by atoms with Gasteiger partial charge in [-0.2, -0.15) is 0 Å². The van der Waals surface area contributed by atoms with E-state index in [1.54, 1.807) is 0 Å². The van der Waals surface area contributed by atoms with Crippen LogP contribution in [-0.4, -0.2) is 18.9 Å². The molecule has 0 amide bonds. The lowest BCUT2D eigenvalue weighted by Crippen LogP contribution is -2.27. The SMILES string of the molecule is CCN(CCC(=N)N)c1cccc(C)c1. The van der Waals surface area contributed by atoms with Gasteiger partial charge in [0.2, 0.25) is 0 Å². The van der Waals surface area contributed by atoms with Gasteiger partial charge in [-0.3, -0.25) is 5.41 Å². The molecular formula is C12H19N3. The Kier molecular flexibility index (Phi) is 4.16. The summed E-state index contributed by atoms with van der Waals surface area (Å²) in [5.74, 6) is 0.251. The van der Waals surface area contributed by atoms with Gasteiger partial charge in [0.05, 0.1) is 5.84 Å². The van der Waals surface area contributed by atoms with Crippen LogP contribution >= 0.6 is 0 Å². The normalized spacial score (nSPS) is 10.0. The molecular weight excluding hydrogens is 186 g/mol. The fraction of sp³-hybridized carbons (Fsp3) is 0.417. The van der Waals surface area contributed by atoms with Crippen molar-refractivity contribution in [1.29, 1.82) is 5.41 Å². The molecule has 3 N–H and O–H groups in total. The molecule has 1 rings (SSSR count). The highest BCUT2D eigenvalue weighted by atomic mass is 15.1. The molecule has 0 aliphatic heterocycles. The Hall–Kier alpha value is -1.51. The predicted octanol–water partition coefficient (Wildman–Crippen LogP) is 2.15. The summed E-state index contributed by atoms with van der Waals surface area (Å²) in [5, 5.41) is 7.22. The zero-order valence-corrected chi connectivity index (χ0v) is 9.46. The molecule has 0 saturated carbocycles. The van der Waals surface area contributed by atoms with Gasteiger partial charge < -0.3 is 10.6 Å². The van der Waals surface area contributed by atoms with Crippen LogP contribution in [0.5, 0.6) is 0 Å². The van der Waals surface area contributed by atoms with E-state index < -0.39 is 0 Å². The predicted molar refractivity (Wildman–Crippen MR) is 65.6 cm³/mol. The number of nitrogens with one attached hydrogen (secondary N) is 1. The zero-order valence-electron chi connectivity index (χ0n) is 9.46. The smallest absolute Gasteiger partial charge is 0.0923 e. The summed E-state index contributed by atoms with van der Waals surface area (Å²) in [6, 6.07) is 8.39. The summed E-state index contributed by atoms with van der Waals surface area (Å²) in [7, 11) is 0. The number of aryl methyl sites for hydroxylation is 1. The Bertz CT molecular complexity index is 333. The van der Waals surface area contributed by atoms with E-state index in [0.29, 0.717) is 6.42 Å². The van der Waals surface area contributed by atoms with Crippen molar-refractivity contribution in [3.63, 3.8) is 0 Å². The minimum Gasteiger partial charge on any atom is -0.388 e. The van der Waals surface area contributed by atoms with E-state index >= 15 is 0 Å². The van der Waals surface area contributed by atoms with Crippen LogP contribution in [0.15, 0.2) is 24.3 Å². The van der Waals surface area contributed by atoms with Gasteiger partial charge in [0.25, 0.3) is 0 Å². The van der Waals surface area contributed by atoms with Gasteiger partial charge in [0.15, 0.2) is 0 Å². The molecule has 0 fully saturated rings. The third kappa shape index (κ3) is 3.62. The summed E-state index contributed by atoms with van der Waals surface area (Å²) in [6.07, 6.45) is 0.627. The van der Waals surface area contributed by atoms with E-state index in [4.69, 9.17) is 11.1 Å². The van der Waals surface area contributed by atoms with Crippen molar-refractivity contribution in [3.05, 3.63) is 29.8 Å². The van der Waals surface area contributed by atoms with Crippen molar-refractivity contribution in [2.24, 2.45) is 5.73 Å². The van der Waals surface area contributed by atoms with Crippen molar-refractivity contribution in [1.82, 2.24) is 0 Å².